The summed E-state index contributed by atoms with van der Waals surface area (Å²) in [6.07, 6.45) is 0. The fraction of sp³-hybridized carbons (Fsp3) is 0.143. The highest BCUT2D eigenvalue weighted by molar-refractivity contribution is 5.45. The summed E-state index contributed by atoms with van der Waals surface area (Å²) >= 11 is 0. The van der Waals surface area contributed by atoms with Crippen LogP contribution in [0.4, 0.5) is 14.5 Å². The lowest BCUT2D eigenvalue weighted by Crippen LogP contribution is -2.22. The number of methoxy groups -OCH3 is 1. The van der Waals surface area contributed by atoms with Crippen LogP contribution in [0.25, 0.3) is 0 Å². The maximum atomic E-state index is 13.5. The Bertz CT molecular complexity index is 881. The molecule has 134 valence electrons. The molecule has 3 aromatic carbocycles. The first-order valence-electron chi connectivity index (χ1n) is 8.23. The van der Waals surface area contributed by atoms with Crippen LogP contribution in [-0.2, 0) is 6.54 Å². The summed E-state index contributed by atoms with van der Waals surface area (Å²) in [5, 5.41) is 3.39. The lowest BCUT2D eigenvalue weighted by molar-refractivity contribution is 0.414. The fourth-order valence-corrected chi connectivity index (χ4v) is 2.83. The average Bonchev–Trinajstić information content (AvgIpc) is 2.65. The quantitative estimate of drug-likeness (QED) is 0.644. The van der Waals surface area contributed by atoms with Crippen LogP contribution in [-0.4, -0.2) is 7.11 Å². The van der Waals surface area contributed by atoms with Crippen molar-refractivity contribution in [2.45, 2.75) is 12.6 Å². The molecule has 0 spiro atoms. The minimum absolute atomic E-state index is 0.155. The molecule has 0 saturated carbocycles. The highest BCUT2D eigenvalue weighted by atomic mass is 19.2. The molecule has 0 bridgehead atoms. The number of halogens is 2. The molecule has 0 aromatic heterocycles. The van der Waals surface area contributed by atoms with Gasteiger partial charge in [-0.2, -0.15) is 0 Å². The molecule has 3 rings (SSSR count). The number of nitrogens with one attached hydrogen (secondary N) is 1. The van der Waals surface area contributed by atoms with Gasteiger partial charge in [0, 0.05) is 12.2 Å². The van der Waals surface area contributed by atoms with E-state index in [1.807, 2.05) is 48.5 Å². The van der Waals surface area contributed by atoms with Gasteiger partial charge in [0.15, 0.2) is 11.6 Å². The summed E-state index contributed by atoms with van der Waals surface area (Å²) < 4.78 is 31.8. The van der Waals surface area contributed by atoms with Crippen molar-refractivity contribution in [2.24, 2.45) is 0 Å². The first kappa shape index (κ1) is 17.9. The molecule has 26 heavy (non-hydrogen) atoms. The van der Waals surface area contributed by atoms with Crippen molar-refractivity contribution in [1.82, 2.24) is 5.32 Å². The zero-order valence-corrected chi connectivity index (χ0v) is 14.4. The monoisotopic (exact) mass is 354 g/mol. The van der Waals surface area contributed by atoms with Crippen molar-refractivity contribution in [1.29, 1.82) is 0 Å². The maximum Gasteiger partial charge on any atom is 0.159 e. The van der Waals surface area contributed by atoms with E-state index in [0.29, 0.717) is 17.8 Å². The summed E-state index contributed by atoms with van der Waals surface area (Å²) in [7, 11) is 1.62. The molecule has 5 heteroatoms. The molecule has 0 aliphatic carbocycles. The van der Waals surface area contributed by atoms with Crippen molar-refractivity contribution in [3.05, 3.63) is 95.1 Å². The largest absolute Gasteiger partial charge is 0.497 e. The molecule has 1 unspecified atom stereocenters. The molecule has 3 aromatic rings. The Morgan fingerprint density at radius 2 is 1.69 bits per heavy atom. The van der Waals surface area contributed by atoms with Crippen molar-refractivity contribution >= 4 is 5.69 Å². The molecule has 0 aliphatic heterocycles. The first-order valence-corrected chi connectivity index (χ1v) is 8.23. The fourth-order valence-electron chi connectivity index (χ4n) is 2.83. The van der Waals surface area contributed by atoms with Crippen LogP contribution in [0.2, 0.25) is 0 Å². The van der Waals surface area contributed by atoms with Crippen molar-refractivity contribution < 1.29 is 13.5 Å². The third-order valence-corrected chi connectivity index (χ3v) is 4.19. The molecular formula is C21H20F2N2O. The van der Waals surface area contributed by atoms with Crippen LogP contribution in [0, 0.1) is 11.6 Å². The van der Waals surface area contributed by atoms with Gasteiger partial charge in [0.2, 0.25) is 0 Å². The third-order valence-electron chi connectivity index (χ3n) is 4.19. The zero-order valence-electron chi connectivity index (χ0n) is 14.4. The Kier molecular flexibility index (Phi) is 5.49. The topological polar surface area (TPSA) is 47.3 Å². The molecular weight excluding hydrogens is 334 g/mol. The van der Waals surface area contributed by atoms with Gasteiger partial charge in [-0.25, -0.2) is 8.78 Å². The lowest BCUT2D eigenvalue weighted by Gasteiger charge is -2.21. The number of nitrogen functional groups attached to an aromatic ring is 1. The van der Waals surface area contributed by atoms with E-state index >= 15 is 0 Å². The number of hydrogen-bond acceptors (Lipinski definition) is 3. The summed E-state index contributed by atoms with van der Waals surface area (Å²) in [6.45, 7) is 0.378. The van der Waals surface area contributed by atoms with Crippen LogP contribution in [0.3, 0.4) is 0 Å². The van der Waals surface area contributed by atoms with E-state index < -0.39 is 11.6 Å². The first-order chi connectivity index (χ1) is 12.6. The van der Waals surface area contributed by atoms with Gasteiger partial charge in [-0.15, -0.1) is 0 Å². The van der Waals surface area contributed by atoms with Gasteiger partial charge in [-0.3, -0.25) is 0 Å². The van der Waals surface area contributed by atoms with Crippen LogP contribution in [0.5, 0.6) is 5.75 Å². The number of ether oxygens (including phenoxy) is 1. The molecule has 1 atom stereocenters. The predicted molar refractivity (Wildman–Crippen MR) is 98.9 cm³/mol. The third kappa shape index (κ3) is 4.18. The van der Waals surface area contributed by atoms with E-state index in [4.69, 9.17) is 10.5 Å². The van der Waals surface area contributed by atoms with Gasteiger partial charge in [0.05, 0.1) is 13.2 Å². The van der Waals surface area contributed by atoms with E-state index in [2.05, 4.69) is 5.32 Å². The highest BCUT2D eigenvalue weighted by Gasteiger charge is 2.15. The minimum Gasteiger partial charge on any atom is -0.497 e. The van der Waals surface area contributed by atoms with E-state index in [1.54, 1.807) is 13.2 Å². The molecule has 0 aliphatic rings. The normalized spacial score (nSPS) is 12.0. The van der Waals surface area contributed by atoms with Gasteiger partial charge >= 0.3 is 0 Å². The highest BCUT2D eigenvalue weighted by Crippen LogP contribution is 2.26. The zero-order chi connectivity index (χ0) is 18.5. The SMILES string of the molecule is COc1ccc(C(NCc2ccc(F)c(F)c2)c2cccc(N)c2)cc1. The molecule has 0 heterocycles. The van der Waals surface area contributed by atoms with Crippen molar-refractivity contribution in [3.8, 4) is 5.75 Å². The summed E-state index contributed by atoms with van der Waals surface area (Å²) in [5.41, 5.74) is 9.24. The Labute approximate surface area is 151 Å². The second-order valence-electron chi connectivity index (χ2n) is 6.01. The maximum absolute atomic E-state index is 13.5. The van der Waals surface area contributed by atoms with Crippen molar-refractivity contribution in [2.75, 3.05) is 12.8 Å². The summed E-state index contributed by atoms with van der Waals surface area (Å²) in [6, 6.07) is 19.0. The van der Waals surface area contributed by atoms with Crippen molar-refractivity contribution in [3.63, 3.8) is 0 Å². The Morgan fingerprint density at radius 1 is 0.923 bits per heavy atom. The van der Waals surface area contributed by atoms with E-state index in [1.165, 1.54) is 6.07 Å². The van der Waals surface area contributed by atoms with E-state index in [0.717, 1.165) is 22.9 Å². The minimum atomic E-state index is -0.853. The molecule has 0 amide bonds. The lowest BCUT2D eigenvalue weighted by atomic mass is 9.97. The second kappa shape index (κ2) is 7.97. The molecule has 3 N–H and O–H groups in total. The van der Waals surface area contributed by atoms with Crippen LogP contribution < -0.4 is 15.8 Å². The average molecular weight is 354 g/mol. The molecule has 0 fully saturated rings. The standard InChI is InChI=1S/C21H20F2N2O/c1-26-18-8-6-15(7-9-18)21(16-3-2-4-17(24)12-16)25-13-14-5-10-19(22)20(23)11-14/h2-12,21,25H,13,24H2,1H3. The molecule has 0 radical (unpaired) electrons. The van der Waals surface area contributed by atoms with Crippen LogP contribution in [0.15, 0.2) is 66.7 Å². The number of anilines is 1. The van der Waals surface area contributed by atoms with Gasteiger partial charge in [-0.05, 0) is 53.1 Å². The number of nitrogens with two attached hydrogens (primary N) is 1. The predicted octanol–water partition coefficient (Wildman–Crippen LogP) is 4.43. The summed E-state index contributed by atoms with van der Waals surface area (Å²) in [4.78, 5) is 0. The number of benzene rings is 3. The van der Waals surface area contributed by atoms with Gasteiger partial charge in [0.25, 0.3) is 0 Å². The van der Waals surface area contributed by atoms with Gasteiger partial charge in [0.1, 0.15) is 5.75 Å². The smallest absolute Gasteiger partial charge is 0.159 e. The van der Waals surface area contributed by atoms with E-state index in [-0.39, 0.29) is 6.04 Å². The van der Waals surface area contributed by atoms with Crippen LogP contribution in [0.1, 0.15) is 22.7 Å². The molecule has 3 nitrogen and oxygen atoms in total. The van der Waals surface area contributed by atoms with Crippen LogP contribution >= 0.6 is 0 Å². The second-order valence-corrected chi connectivity index (χ2v) is 6.01. The summed E-state index contributed by atoms with van der Waals surface area (Å²) in [5.74, 6) is -0.939. The number of rotatable bonds is 6. The Hall–Kier alpha value is -2.92. The van der Waals surface area contributed by atoms with Gasteiger partial charge < -0.3 is 15.8 Å². The Morgan fingerprint density at radius 3 is 2.35 bits per heavy atom. The molecule has 0 saturated heterocycles. The van der Waals surface area contributed by atoms with Gasteiger partial charge in [-0.1, -0.05) is 30.3 Å². The van der Waals surface area contributed by atoms with E-state index in [9.17, 15) is 8.78 Å². The number of hydrogen-bond donors (Lipinski definition) is 2. The Balaban J connectivity index is 1.87.